The maximum absolute atomic E-state index is 11.8. The Morgan fingerprint density at radius 2 is 2.35 bits per heavy atom. The first kappa shape index (κ1) is 13.8. The summed E-state index contributed by atoms with van der Waals surface area (Å²) in [5, 5.41) is 7.18. The molecule has 1 atom stereocenters. The standard InChI is InChI=1S/C12H16BrN3O/c1-4-7-9(5-2)15-10-8-14-16(6-3)12(17)11(10)13/h2,8-9,15H,4,6-7H2,1,3H3. The van der Waals surface area contributed by atoms with Gasteiger partial charge in [-0.25, -0.2) is 4.68 Å². The fourth-order valence-electron chi connectivity index (χ4n) is 1.46. The van der Waals surface area contributed by atoms with Gasteiger partial charge < -0.3 is 5.32 Å². The minimum absolute atomic E-state index is 0.0741. The number of aromatic nitrogens is 2. The monoisotopic (exact) mass is 297 g/mol. The van der Waals surface area contributed by atoms with Gasteiger partial charge >= 0.3 is 0 Å². The second-order valence-electron chi connectivity index (χ2n) is 3.65. The lowest BCUT2D eigenvalue weighted by Crippen LogP contribution is -2.25. The van der Waals surface area contributed by atoms with Gasteiger partial charge in [0.05, 0.1) is 17.9 Å². The molecule has 0 saturated heterocycles. The van der Waals surface area contributed by atoms with Crippen molar-refractivity contribution in [2.24, 2.45) is 0 Å². The number of nitrogens with zero attached hydrogens (tertiary/aromatic N) is 2. The molecule has 0 bridgehead atoms. The number of rotatable bonds is 5. The summed E-state index contributed by atoms with van der Waals surface area (Å²) in [7, 11) is 0. The molecule has 0 aliphatic rings. The summed E-state index contributed by atoms with van der Waals surface area (Å²) in [6.07, 6.45) is 8.89. The van der Waals surface area contributed by atoms with Crippen LogP contribution in [0.15, 0.2) is 15.5 Å². The highest BCUT2D eigenvalue weighted by Crippen LogP contribution is 2.18. The second kappa shape index (κ2) is 6.45. The van der Waals surface area contributed by atoms with E-state index < -0.39 is 0 Å². The molecule has 1 N–H and O–H groups in total. The minimum Gasteiger partial charge on any atom is -0.369 e. The molecule has 1 aromatic heterocycles. The molecule has 0 amide bonds. The van der Waals surface area contributed by atoms with Crippen LogP contribution in [0.1, 0.15) is 26.7 Å². The molecule has 1 rings (SSSR count). The van der Waals surface area contributed by atoms with Gasteiger partial charge in [0.15, 0.2) is 0 Å². The molecule has 0 aliphatic carbocycles. The van der Waals surface area contributed by atoms with E-state index in [9.17, 15) is 4.79 Å². The first-order chi connectivity index (χ1) is 8.13. The molecule has 1 aromatic rings. The van der Waals surface area contributed by atoms with E-state index in [1.807, 2.05) is 6.92 Å². The van der Waals surface area contributed by atoms with Crippen molar-refractivity contribution in [1.82, 2.24) is 9.78 Å². The van der Waals surface area contributed by atoms with Gasteiger partial charge in [-0.2, -0.15) is 5.10 Å². The van der Waals surface area contributed by atoms with Gasteiger partial charge in [0, 0.05) is 6.54 Å². The molecule has 1 unspecified atom stereocenters. The Balaban J connectivity index is 2.97. The third kappa shape index (κ3) is 3.34. The third-order valence-electron chi connectivity index (χ3n) is 2.39. The molecule has 17 heavy (non-hydrogen) atoms. The number of halogens is 1. The summed E-state index contributed by atoms with van der Waals surface area (Å²) in [5.41, 5.74) is 0.501. The lowest BCUT2D eigenvalue weighted by Gasteiger charge is -2.14. The highest BCUT2D eigenvalue weighted by molar-refractivity contribution is 9.10. The van der Waals surface area contributed by atoms with Gasteiger partial charge in [0.1, 0.15) is 4.47 Å². The first-order valence-corrected chi connectivity index (χ1v) is 6.41. The molecule has 1 heterocycles. The van der Waals surface area contributed by atoms with E-state index in [-0.39, 0.29) is 11.6 Å². The number of terminal acetylenes is 1. The molecule has 5 heteroatoms. The molecule has 0 aromatic carbocycles. The maximum atomic E-state index is 11.8. The normalized spacial score (nSPS) is 11.9. The first-order valence-electron chi connectivity index (χ1n) is 5.62. The predicted molar refractivity (Wildman–Crippen MR) is 73.0 cm³/mol. The Hall–Kier alpha value is -1.28. The number of hydrogen-bond donors (Lipinski definition) is 1. The van der Waals surface area contributed by atoms with Crippen molar-refractivity contribution >= 4 is 21.6 Å². The smallest absolute Gasteiger partial charge is 0.283 e. The molecule has 0 fully saturated rings. The van der Waals surface area contributed by atoms with Crippen LogP contribution in [0.4, 0.5) is 5.69 Å². The summed E-state index contributed by atoms with van der Waals surface area (Å²) < 4.78 is 1.87. The Morgan fingerprint density at radius 3 is 2.88 bits per heavy atom. The molecule has 0 aliphatic heterocycles. The average Bonchev–Trinajstić information content (AvgIpc) is 2.34. The van der Waals surface area contributed by atoms with E-state index in [0.717, 1.165) is 12.8 Å². The summed E-state index contributed by atoms with van der Waals surface area (Å²) in [5.74, 6) is 2.66. The molecule has 0 saturated carbocycles. The summed E-state index contributed by atoms with van der Waals surface area (Å²) >= 11 is 3.28. The van der Waals surface area contributed by atoms with Gasteiger partial charge in [-0.3, -0.25) is 4.79 Å². The summed E-state index contributed by atoms with van der Waals surface area (Å²) in [4.78, 5) is 11.8. The average molecular weight is 298 g/mol. The van der Waals surface area contributed by atoms with Crippen LogP contribution < -0.4 is 10.9 Å². The zero-order valence-electron chi connectivity index (χ0n) is 10.0. The van der Waals surface area contributed by atoms with Crippen LogP contribution >= 0.6 is 15.9 Å². The minimum atomic E-state index is -0.148. The van der Waals surface area contributed by atoms with Crippen molar-refractivity contribution < 1.29 is 0 Å². The number of anilines is 1. The van der Waals surface area contributed by atoms with Crippen molar-refractivity contribution in [3.8, 4) is 12.3 Å². The van der Waals surface area contributed by atoms with Crippen molar-refractivity contribution in [1.29, 1.82) is 0 Å². The predicted octanol–water partition coefficient (Wildman–Crippen LogP) is 2.24. The topological polar surface area (TPSA) is 46.9 Å². The Labute approximate surface area is 110 Å². The van der Waals surface area contributed by atoms with Gasteiger partial charge in [-0.15, -0.1) is 6.42 Å². The van der Waals surface area contributed by atoms with Crippen LogP contribution in [0, 0.1) is 12.3 Å². The fraction of sp³-hybridized carbons (Fsp3) is 0.500. The molecular formula is C12H16BrN3O. The van der Waals surface area contributed by atoms with Crippen LogP contribution in [-0.4, -0.2) is 15.8 Å². The van der Waals surface area contributed by atoms with Gasteiger partial charge in [-0.1, -0.05) is 19.3 Å². The molecule has 92 valence electrons. The quantitative estimate of drug-likeness (QED) is 0.848. The largest absolute Gasteiger partial charge is 0.369 e. The number of hydrogen-bond acceptors (Lipinski definition) is 3. The molecular weight excluding hydrogens is 282 g/mol. The Bertz CT molecular complexity index is 476. The summed E-state index contributed by atoms with van der Waals surface area (Å²) in [6.45, 7) is 4.48. The molecule has 0 radical (unpaired) electrons. The lowest BCUT2D eigenvalue weighted by atomic mass is 10.2. The van der Waals surface area contributed by atoms with Crippen LogP contribution in [0.3, 0.4) is 0 Å². The molecule has 4 nitrogen and oxygen atoms in total. The third-order valence-corrected chi connectivity index (χ3v) is 3.16. The zero-order valence-corrected chi connectivity index (χ0v) is 11.6. The van der Waals surface area contributed by atoms with Crippen LogP contribution in [0.5, 0.6) is 0 Å². The van der Waals surface area contributed by atoms with E-state index in [1.165, 1.54) is 4.68 Å². The van der Waals surface area contributed by atoms with E-state index in [4.69, 9.17) is 6.42 Å². The van der Waals surface area contributed by atoms with E-state index in [0.29, 0.717) is 16.7 Å². The number of aryl methyl sites for hydroxylation is 1. The second-order valence-corrected chi connectivity index (χ2v) is 4.44. The van der Waals surface area contributed by atoms with Crippen molar-refractivity contribution in [3.05, 3.63) is 21.0 Å². The highest BCUT2D eigenvalue weighted by atomic mass is 79.9. The van der Waals surface area contributed by atoms with Crippen molar-refractivity contribution in [3.63, 3.8) is 0 Å². The van der Waals surface area contributed by atoms with Crippen LogP contribution in [0.2, 0.25) is 0 Å². The highest BCUT2D eigenvalue weighted by Gasteiger charge is 2.10. The maximum Gasteiger partial charge on any atom is 0.283 e. The van der Waals surface area contributed by atoms with Crippen molar-refractivity contribution in [2.75, 3.05) is 5.32 Å². The SMILES string of the molecule is C#CC(CCC)Nc1cnn(CC)c(=O)c1Br. The Kier molecular flexibility index (Phi) is 5.23. The van der Waals surface area contributed by atoms with Gasteiger partial charge in [0.2, 0.25) is 0 Å². The van der Waals surface area contributed by atoms with Gasteiger partial charge in [0.25, 0.3) is 5.56 Å². The van der Waals surface area contributed by atoms with Crippen LogP contribution in [-0.2, 0) is 6.54 Å². The summed E-state index contributed by atoms with van der Waals surface area (Å²) in [6, 6.07) is -0.0741. The van der Waals surface area contributed by atoms with Gasteiger partial charge in [-0.05, 0) is 29.3 Å². The Morgan fingerprint density at radius 1 is 1.65 bits per heavy atom. The van der Waals surface area contributed by atoms with Crippen molar-refractivity contribution in [2.45, 2.75) is 39.3 Å². The fourth-order valence-corrected chi connectivity index (χ4v) is 1.89. The van der Waals surface area contributed by atoms with E-state index in [2.05, 4.69) is 39.2 Å². The molecule has 0 spiro atoms. The van der Waals surface area contributed by atoms with Crippen LogP contribution in [0.25, 0.3) is 0 Å². The number of nitrogens with one attached hydrogen (secondary N) is 1. The lowest BCUT2D eigenvalue weighted by molar-refractivity contribution is 0.612. The van der Waals surface area contributed by atoms with E-state index >= 15 is 0 Å². The zero-order chi connectivity index (χ0) is 12.8. The van der Waals surface area contributed by atoms with E-state index in [1.54, 1.807) is 6.20 Å².